The van der Waals surface area contributed by atoms with Gasteiger partial charge in [0.25, 0.3) is 0 Å². The normalized spacial score (nSPS) is 18.5. The third-order valence-corrected chi connectivity index (χ3v) is 7.50. The van der Waals surface area contributed by atoms with Crippen molar-refractivity contribution in [1.29, 1.82) is 0 Å². The molecular formula is C31H39FO. The molecule has 0 saturated heterocycles. The maximum absolute atomic E-state index is 14.6. The molecule has 0 bridgehead atoms. The smallest absolute Gasteiger partial charge is 0.172 e. The maximum atomic E-state index is 14.6. The van der Waals surface area contributed by atoms with Crippen molar-refractivity contribution >= 4 is 10.8 Å². The predicted molar refractivity (Wildman–Crippen MR) is 138 cm³/mol. The summed E-state index contributed by atoms with van der Waals surface area (Å²) in [6, 6.07) is 19.1. The van der Waals surface area contributed by atoms with Gasteiger partial charge in [0.05, 0.1) is 6.61 Å². The summed E-state index contributed by atoms with van der Waals surface area (Å²) in [4.78, 5) is 0. The molecule has 0 radical (unpaired) electrons. The van der Waals surface area contributed by atoms with Gasteiger partial charge in [0, 0.05) is 5.39 Å². The summed E-state index contributed by atoms with van der Waals surface area (Å²) in [5, 5.41) is 1.57. The Hall–Kier alpha value is -2.35. The van der Waals surface area contributed by atoms with Gasteiger partial charge >= 0.3 is 0 Å². The number of aryl methyl sites for hydroxylation is 2. The lowest BCUT2D eigenvalue weighted by Crippen LogP contribution is -2.13. The van der Waals surface area contributed by atoms with Crippen molar-refractivity contribution in [1.82, 2.24) is 0 Å². The van der Waals surface area contributed by atoms with E-state index in [9.17, 15) is 4.39 Å². The summed E-state index contributed by atoms with van der Waals surface area (Å²) >= 11 is 0. The highest BCUT2D eigenvalue weighted by Gasteiger charge is 2.22. The second kappa shape index (κ2) is 11.7. The summed E-state index contributed by atoms with van der Waals surface area (Å²) in [5.74, 6) is 1.79. The zero-order chi connectivity index (χ0) is 23.0. The number of hydrogen-bond donors (Lipinski definition) is 0. The topological polar surface area (TPSA) is 9.23 Å². The number of rotatable bonds is 10. The van der Waals surface area contributed by atoms with Gasteiger partial charge in [0.2, 0.25) is 0 Å². The Kier molecular flexibility index (Phi) is 8.42. The fourth-order valence-electron chi connectivity index (χ4n) is 5.46. The molecule has 0 heterocycles. The standard InChI is InChI=1S/C31H39FO/c1-3-5-6-7-23-10-15-26(16-11-23)27-17-12-24(13-18-27)8-9-25-14-20-29-28(22-25)19-21-30(31(29)32)33-4-2/h12-14,17-23,26H,3-11,15-16H2,1-2H3. The van der Waals surface area contributed by atoms with Crippen LogP contribution in [0.3, 0.4) is 0 Å². The highest BCUT2D eigenvalue weighted by Crippen LogP contribution is 2.38. The summed E-state index contributed by atoms with van der Waals surface area (Å²) in [6.07, 6.45) is 13.1. The first-order valence-corrected chi connectivity index (χ1v) is 13.1. The summed E-state index contributed by atoms with van der Waals surface area (Å²) in [7, 11) is 0. The number of hydrogen-bond acceptors (Lipinski definition) is 1. The Morgan fingerprint density at radius 2 is 1.55 bits per heavy atom. The third kappa shape index (κ3) is 6.16. The van der Waals surface area contributed by atoms with E-state index in [1.54, 1.807) is 6.07 Å². The average Bonchev–Trinajstić information content (AvgIpc) is 2.85. The van der Waals surface area contributed by atoms with Crippen molar-refractivity contribution in [3.63, 3.8) is 0 Å². The largest absolute Gasteiger partial charge is 0.491 e. The van der Waals surface area contributed by atoms with E-state index < -0.39 is 0 Å². The van der Waals surface area contributed by atoms with E-state index in [0.29, 0.717) is 17.7 Å². The first-order valence-electron chi connectivity index (χ1n) is 13.1. The molecule has 0 atom stereocenters. The fraction of sp³-hybridized carbons (Fsp3) is 0.484. The average molecular weight is 447 g/mol. The van der Waals surface area contributed by atoms with Crippen LogP contribution in [-0.2, 0) is 12.8 Å². The molecule has 1 saturated carbocycles. The first kappa shape index (κ1) is 23.8. The number of halogens is 1. The monoisotopic (exact) mass is 446 g/mol. The molecule has 0 unspecified atom stereocenters. The number of ether oxygens (including phenoxy) is 1. The third-order valence-electron chi connectivity index (χ3n) is 7.50. The van der Waals surface area contributed by atoms with Crippen molar-refractivity contribution in [3.05, 3.63) is 77.1 Å². The Balaban J connectivity index is 1.30. The predicted octanol–water partition coefficient (Wildman–Crippen LogP) is 9.02. The lowest BCUT2D eigenvalue weighted by molar-refractivity contribution is 0.303. The van der Waals surface area contributed by atoms with Crippen LogP contribution >= 0.6 is 0 Å². The molecule has 3 aromatic rings. The van der Waals surface area contributed by atoms with Crippen LogP contribution in [0.15, 0.2) is 54.6 Å². The molecule has 2 heteroatoms. The summed E-state index contributed by atoms with van der Waals surface area (Å²) in [6.45, 7) is 4.64. The Morgan fingerprint density at radius 1 is 0.818 bits per heavy atom. The molecule has 4 rings (SSSR count). The van der Waals surface area contributed by atoms with E-state index in [-0.39, 0.29) is 5.82 Å². The Labute approximate surface area is 199 Å². The minimum absolute atomic E-state index is 0.258. The van der Waals surface area contributed by atoms with Crippen molar-refractivity contribution in [2.45, 2.75) is 84.0 Å². The van der Waals surface area contributed by atoms with Crippen LogP contribution in [0.5, 0.6) is 5.75 Å². The molecule has 0 aliphatic heterocycles. The molecule has 176 valence electrons. The van der Waals surface area contributed by atoms with Gasteiger partial charge in [0.15, 0.2) is 11.6 Å². The quantitative estimate of drug-likeness (QED) is 0.282. The summed E-state index contributed by atoms with van der Waals surface area (Å²) < 4.78 is 20.0. The van der Waals surface area contributed by atoms with E-state index in [1.165, 1.54) is 68.1 Å². The lowest BCUT2D eigenvalue weighted by atomic mass is 9.77. The van der Waals surface area contributed by atoms with Crippen LogP contribution in [0, 0.1) is 11.7 Å². The van der Waals surface area contributed by atoms with Crippen molar-refractivity contribution in [3.8, 4) is 5.75 Å². The zero-order valence-electron chi connectivity index (χ0n) is 20.4. The molecule has 1 aliphatic rings. The highest BCUT2D eigenvalue weighted by molar-refractivity contribution is 5.85. The van der Waals surface area contributed by atoms with E-state index in [2.05, 4.69) is 43.3 Å². The first-order chi connectivity index (χ1) is 16.2. The molecule has 3 aromatic carbocycles. The fourth-order valence-corrected chi connectivity index (χ4v) is 5.46. The molecule has 1 nitrogen and oxygen atoms in total. The molecule has 33 heavy (non-hydrogen) atoms. The number of unbranched alkanes of at least 4 members (excludes halogenated alkanes) is 2. The van der Waals surface area contributed by atoms with Crippen molar-refractivity contribution in [2.75, 3.05) is 6.61 Å². The minimum atomic E-state index is -0.258. The number of benzene rings is 3. The van der Waals surface area contributed by atoms with Crippen LogP contribution in [0.4, 0.5) is 4.39 Å². The minimum Gasteiger partial charge on any atom is -0.491 e. The molecule has 0 N–H and O–H groups in total. The molecule has 0 amide bonds. The van der Waals surface area contributed by atoms with Gasteiger partial charge in [-0.25, -0.2) is 4.39 Å². The second-order valence-corrected chi connectivity index (χ2v) is 9.82. The molecular weight excluding hydrogens is 407 g/mol. The zero-order valence-corrected chi connectivity index (χ0v) is 20.4. The van der Waals surface area contributed by atoms with Crippen molar-refractivity contribution in [2.24, 2.45) is 5.92 Å². The van der Waals surface area contributed by atoms with Crippen LogP contribution in [0.25, 0.3) is 10.8 Å². The van der Waals surface area contributed by atoms with Crippen LogP contribution in [0.1, 0.15) is 87.8 Å². The van der Waals surface area contributed by atoms with Gasteiger partial charge in [0.1, 0.15) is 0 Å². The van der Waals surface area contributed by atoms with Gasteiger partial charge in [-0.15, -0.1) is 0 Å². The number of fused-ring (bicyclic) bond motifs is 1. The van der Waals surface area contributed by atoms with Crippen LogP contribution in [-0.4, -0.2) is 6.61 Å². The molecule has 0 spiro atoms. The lowest BCUT2D eigenvalue weighted by Gasteiger charge is -2.29. The Bertz CT molecular complexity index is 1020. The molecule has 0 aromatic heterocycles. The van der Waals surface area contributed by atoms with E-state index in [1.807, 2.05) is 19.1 Å². The van der Waals surface area contributed by atoms with E-state index in [0.717, 1.165) is 30.1 Å². The van der Waals surface area contributed by atoms with E-state index in [4.69, 9.17) is 4.74 Å². The second-order valence-electron chi connectivity index (χ2n) is 9.82. The van der Waals surface area contributed by atoms with E-state index >= 15 is 0 Å². The molecule has 1 fully saturated rings. The SMILES string of the molecule is CCCCCC1CCC(c2ccc(CCc3ccc4c(F)c(OCC)ccc4c3)cc2)CC1. The van der Waals surface area contributed by atoms with Gasteiger partial charge in [-0.1, -0.05) is 81.1 Å². The van der Waals surface area contributed by atoms with Crippen LogP contribution in [0.2, 0.25) is 0 Å². The summed E-state index contributed by atoms with van der Waals surface area (Å²) in [5.41, 5.74) is 4.15. The van der Waals surface area contributed by atoms with Crippen LogP contribution < -0.4 is 4.74 Å². The van der Waals surface area contributed by atoms with Gasteiger partial charge in [-0.3, -0.25) is 0 Å². The Morgan fingerprint density at radius 3 is 2.27 bits per heavy atom. The maximum Gasteiger partial charge on any atom is 0.172 e. The van der Waals surface area contributed by atoms with Gasteiger partial charge in [-0.05, 0) is 85.4 Å². The molecule has 1 aliphatic carbocycles. The van der Waals surface area contributed by atoms with Gasteiger partial charge in [-0.2, -0.15) is 0 Å². The highest BCUT2D eigenvalue weighted by atomic mass is 19.1. The van der Waals surface area contributed by atoms with Gasteiger partial charge < -0.3 is 4.74 Å². The van der Waals surface area contributed by atoms with Crippen molar-refractivity contribution < 1.29 is 9.13 Å².